The van der Waals surface area contributed by atoms with E-state index in [9.17, 15) is 14.4 Å². The molecule has 1 aliphatic heterocycles. The minimum absolute atomic E-state index is 0.0739. The first-order valence-electron chi connectivity index (χ1n) is 8.82. The summed E-state index contributed by atoms with van der Waals surface area (Å²) < 4.78 is 4.84. The zero-order chi connectivity index (χ0) is 19.8. The number of ether oxygens (including phenoxy) is 1. The fourth-order valence-electron chi connectivity index (χ4n) is 2.84. The Hall–Kier alpha value is -3.10. The van der Waals surface area contributed by atoms with Crippen molar-refractivity contribution in [1.29, 1.82) is 0 Å². The number of hydrogen-bond acceptors (Lipinski definition) is 6. The largest absolute Gasteiger partial charge is 0.466 e. The topological polar surface area (TPSA) is 126 Å². The van der Waals surface area contributed by atoms with Gasteiger partial charge in [0.1, 0.15) is 6.04 Å². The van der Waals surface area contributed by atoms with Crippen molar-refractivity contribution in [2.75, 3.05) is 18.1 Å². The van der Waals surface area contributed by atoms with Gasteiger partial charge in [0.25, 0.3) is 0 Å². The molecule has 1 saturated heterocycles. The molecule has 4 N–H and O–H groups in total. The molecule has 1 aromatic carbocycles. The molecule has 0 saturated carbocycles. The van der Waals surface area contributed by atoms with E-state index in [1.807, 2.05) is 12.1 Å². The van der Waals surface area contributed by atoms with E-state index in [0.29, 0.717) is 19.6 Å². The maximum Gasteiger partial charge on any atom is 0.315 e. The Balaban J connectivity index is 1.87. The van der Waals surface area contributed by atoms with Gasteiger partial charge in [0.05, 0.1) is 19.2 Å². The highest BCUT2D eigenvalue weighted by Crippen LogP contribution is 2.21. The van der Waals surface area contributed by atoms with Gasteiger partial charge in [0, 0.05) is 18.3 Å². The quantitative estimate of drug-likeness (QED) is 0.280. The summed E-state index contributed by atoms with van der Waals surface area (Å²) in [5.41, 5.74) is 1.58. The number of nitrogens with two attached hydrogens (primary N) is 1. The lowest BCUT2D eigenvalue weighted by Crippen LogP contribution is -2.48. The number of nitrogens with one attached hydrogen (secondary N) is 2. The Bertz CT molecular complexity index is 704. The predicted octanol–water partition coefficient (Wildman–Crippen LogP) is 0.725. The molecule has 146 valence electrons. The molecule has 0 aromatic heterocycles. The summed E-state index contributed by atoms with van der Waals surface area (Å²) in [5, 5.41) is 8.77. The standard InChI is InChI=1S/C18H25N5O4/c1-3-27-16(24)10-12(2)21-18(26)22-15-8-9-23(17(15)25)14-6-4-13(5-7-14)11-20-19/h4-7,11-12,15H,3,8-10,19H2,1-2H3,(H2,21,22,26)/t12-,15?/m1/s1. The van der Waals surface area contributed by atoms with Crippen molar-refractivity contribution in [2.24, 2.45) is 10.9 Å². The summed E-state index contributed by atoms with van der Waals surface area (Å²) >= 11 is 0. The molecular formula is C18H25N5O4. The zero-order valence-corrected chi connectivity index (χ0v) is 15.5. The fourth-order valence-corrected chi connectivity index (χ4v) is 2.84. The molecule has 2 rings (SSSR count). The van der Waals surface area contributed by atoms with Gasteiger partial charge in [0.2, 0.25) is 5.91 Å². The van der Waals surface area contributed by atoms with Crippen LogP contribution in [0.2, 0.25) is 0 Å². The van der Waals surface area contributed by atoms with Gasteiger partial charge in [-0.05, 0) is 38.0 Å². The van der Waals surface area contributed by atoms with Gasteiger partial charge < -0.3 is 26.1 Å². The van der Waals surface area contributed by atoms with Crippen LogP contribution >= 0.6 is 0 Å². The first kappa shape index (κ1) is 20.2. The van der Waals surface area contributed by atoms with Crippen molar-refractivity contribution in [3.63, 3.8) is 0 Å². The minimum Gasteiger partial charge on any atom is -0.466 e. The van der Waals surface area contributed by atoms with Gasteiger partial charge in [-0.15, -0.1) is 0 Å². The molecular weight excluding hydrogens is 350 g/mol. The summed E-state index contributed by atoms with van der Waals surface area (Å²) in [6.07, 6.45) is 2.09. The maximum absolute atomic E-state index is 12.6. The molecule has 1 heterocycles. The van der Waals surface area contributed by atoms with Crippen molar-refractivity contribution in [3.05, 3.63) is 29.8 Å². The first-order valence-corrected chi connectivity index (χ1v) is 8.82. The second kappa shape index (κ2) is 9.56. The molecule has 0 aliphatic carbocycles. The lowest BCUT2D eigenvalue weighted by Gasteiger charge is -2.19. The molecule has 1 fully saturated rings. The molecule has 3 amide bonds. The number of carbonyl (C=O) groups excluding carboxylic acids is 3. The number of anilines is 1. The van der Waals surface area contributed by atoms with Gasteiger partial charge >= 0.3 is 12.0 Å². The average Bonchev–Trinajstić information content (AvgIpc) is 2.96. The van der Waals surface area contributed by atoms with E-state index in [4.69, 9.17) is 10.6 Å². The van der Waals surface area contributed by atoms with Crippen LogP contribution in [0.5, 0.6) is 0 Å². The van der Waals surface area contributed by atoms with Crippen molar-refractivity contribution in [1.82, 2.24) is 10.6 Å². The molecule has 0 radical (unpaired) electrons. The Morgan fingerprint density at radius 2 is 2.11 bits per heavy atom. The summed E-state index contributed by atoms with van der Waals surface area (Å²) in [5.74, 6) is 4.56. The normalized spacial score (nSPS) is 17.8. The van der Waals surface area contributed by atoms with Crippen LogP contribution in [0.1, 0.15) is 32.3 Å². The maximum atomic E-state index is 12.6. The smallest absolute Gasteiger partial charge is 0.315 e. The van der Waals surface area contributed by atoms with Gasteiger partial charge in [0.15, 0.2) is 0 Å². The molecule has 9 nitrogen and oxygen atoms in total. The monoisotopic (exact) mass is 375 g/mol. The van der Waals surface area contributed by atoms with Crippen LogP contribution in [0.15, 0.2) is 29.4 Å². The Kier molecular flexibility index (Phi) is 7.16. The fraction of sp³-hybridized carbons (Fsp3) is 0.444. The van der Waals surface area contributed by atoms with Gasteiger partial charge in [-0.3, -0.25) is 9.59 Å². The number of rotatable bonds is 7. The Morgan fingerprint density at radius 1 is 1.41 bits per heavy atom. The van der Waals surface area contributed by atoms with Crippen molar-refractivity contribution in [3.8, 4) is 0 Å². The Morgan fingerprint density at radius 3 is 2.74 bits per heavy atom. The lowest BCUT2D eigenvalue weighted by molar-refractivity contribution is -0.143. The SMILES string of the molecule is CCOC(=O)C[C@@H](C)NC(=O)NC1CCN(c2ccc(C=NN)cc2)C1=O. The molecule has 0 bridgehead atoms. The molecule has 2 atom stereocenters. The third-order valence-corrected chi connectivity index (χ3v) is 4.09. The van der Waals surface area contributed by atoms with Crippen molar-refractivity contribution in [2.45, 2.75) is 38.8 Å². The molecule has 1 aromatic rings. The molecule has 1 aliphatic rings. The third-order valence-electron chi connectivity index (χ3n) is 4.09. The number of urea groups is 1. The van der Waals surface area contributed by atoms with Crippen LogP contribution < -0.4 is 21.4 Å². The van der Waals surface area contributed by atoms with Gasteiger partial charge in [-0.25, -0.2) is 4.79 Å². The molecule has 9 heteroatoms. The van der Waals surface area contributed by atoms with E-state index in [1.165, 1.54) is 6.21 Å². The first-order chi connectivity index (χ1) is 12.9. The van der Waals surface area contributed by atoms with Gasteiger partial charge in [-0.1, -0.05) is 12.1 Å². The van der Waals surface area contributed by atoms with E-state index in [0.717, 1.165) is 11.3 Å². The number of hydrogen-bond donors (Lipinski definition) is 3. The number of nitrogens with zero attached hydrogens (tertiary/aromatic N) is 2. The van der Waals surface area contributed by atoms with Crippen LogP contribution in [0.3, 0.4) is 0 Å². The van der Waals surface area contributed by atoms with Crippen LogP contribution in [0, 0.1) is 0 Å². The van der Waals surface area contributed by atoms with E-state index in [1.54, 1.807) is 30.9 Å². The predicted molar refractivity (Wildman–Crippen MR) is 101 cm³/mol. The number of benzene rings is 1. The number of carbonyl (C=O) groups is 3. The number of amides is 3. The van der Waals surface area contributed by atoms with Crippen molar-refractivity contribution >= 4 is 29.8 Å². The van der Waals surface area contributed by atoms with Crippen LogP contribution in [0.4, 0.5) is 10.5 Å². The van der Waals surface area contributed by atoms with E-state index in [-0.39, 0.29) is 18.3 Å². The van der Waals surface area contributed by atoms with E-state index in [2.05, 4.69) is 15.7 Å². The highest BCUT2D eigenvalue weighted by atomic mass is 16.5. The van der Waals surface area contributed by atoms with E-state index < -0.39 is 18.1 Å². The van der Waals surface area contributed by atoms with Crippen molar-refractivity contribution < 1.29 is 19.1 Å². The lowest BCUT2D eigenvalue weighted by atomic mass is 10.2. The second-order valence-electron chi connectivity index (χ2n) is 6.23. The highest BCUT2D eigenvalue weighted by Gasteiger charge is 2.33. The molecule has 27 heavy (non-hydrogen) atoms. The highest BCUT2D eigenvalue weighted by molar-refractivity contribution is 6.01. The Labute approximate surface area is 157 Å². The van der Waals surface area contributed by atoms with Crippen LogP contribution in [-0.4, -0.2) is 49.4 Å². The summed E-state index contributed by atoms with van der Waals surface area (Å²) in [6, 6.07) is 5.74. The summed E-state index contributed by atoms with van der Waals surface area (Å²) in [6.45, 7) is 4.22. The molecule has 1 unspecified atom stereocenters. The van der Waals surface area contributed by atoms with Gasteiger partial charge in [-0.2, -0.15) is 5.10 Å². The van der Waals surface area contributed by atoms with Crippen LogP contribution in [-0.2, 0) is 14.3 Å². The number of hydrazone groups is 1. The second-order valence-corrected chi connectivity index (χ2v) is 6.23. The summed E-state index contributed by atoms with van der Waals surface area (Å²) in [7, 11) is 0. The van der Waals surface area contributed by atoms with Crippen LogP contribution in [0.25, 0.3) is 0 Å². The summed E-state index contributed by atoms with van der Waals surface area (Å²) in [4.78, 5) is 37.7. The molecule has 0 spiro atoms. The average molecular weight is 375 g/mol. The zero-order valence-electron chi connectivity index (χ0n) is 15.5. The minimum atomic E-state index is -0.606. The van der Waals surface area contributed by atoms with E-state index >= 15 is 0 Å². The third kappa shape index (κ3) is 5.70. The number of esters is 1.